The number of rotatable bonds is 12. The van der Waals surface area contributed by atoms with Gasteiger partial charge in [0.25, 0.3) is 0 Å². The first-order valence-corrected chi connectivity index (χ1v) is 13.8. The van der Waals surface area contributed by atoms with Gasteiger partial charge in [-0.05, 0) is 40.8 Å². The lowest BCUT2D eigenvalue weighted by Crippen LogP contribution is -2.46. The number of nitrogens with zero attached hydrogens (tertiary/aromatic N) is 1. The summed E-state index contributed by atoms with van der Waals surface area (Å²) in [5, 5.41) is 10.3. The van der Waals surface area contributed by atoms with E-state index in [4.69, 9.17) is 14.2 Å². The van der Waals surface area contributed by atoms with E-state index in [1.165, 1.54) is 16.0 Å². The molecule has 1 aliphatic rings. The summed E-state index contributed by atoms with van der Waals surface area (Å²) in [6.45, 7) is 3.15. The van der Waals surface area contributed by atoms with E-state index in [9.17, 15) is 9.90 Å². The van der Waals surface area contributed by atoms with E-state index < -0.39 is 6.09 Å². The van der Waals surface area contributed by atoms with E-state index in [1.807, 2.05) is 42.5 Å². The van der Waals surface area contributed by atoms with Crippen molar-refractivity contribution in [3.8, 4) is 5.75 Å². The molecule has 3 aromatic rings. The number of ether oxygens (including phenoxy) is 3. The van der Waals surface area contributed by atoms with Crippen LogP contribution in [0.15, 0.2) is 78.9 Å². The smallest absolute Gasteiger partial charge is 0.407 e. The fourth-order valence-corrected chi connectivity index (χ4v) is 5.14. The van der Waals surface area contributed by atoms with Crippen molar-refractivity contribution >= 4 is 22.0 Å². The van der Waals surface area contributed by atoms with Gasteiger partial charge in [0, 0.05) is 24.2 Å². The Labute approximate surface area is 227 Å². The molecule has 1 heterocycles. The fraction of sp³-hybridized carbons (Fsp3) is 0.367. The van der Waals surface area contributed by atoms with Crippen LogP contribution in [0.25, 0.3) is 0 Å². The Morgan fingerprint density at radius 1 is 0.919 bits per heavy atom. The number of benzene rings is 3. The lowest BCUT2D eigenvalue weighted by molar-refractivity contribution is -0.0201. The van der Waals surface area contributed by atoms with E-state index in [1.54, 1.807) is 0 Å². The average molecular weight is 569 g/mol. The van der Waals surface area contributed by atoms with Crippen LogP contribution in [0.2, 0.25) is 0 Å². The van der Waals surface area contributed by atoms with Crippen LogP contribution in [-0.2, 0) is 28.0 Å². The summed E-state index contributed by atoms with van der Waals surface area (Å²) < 4.78 is 18.0. The molecule has 4 rings (SSSR count). The Morgan fingerprint density at radius 2 is 1.65 bits per heavy atom. The van der Waals surface area contributed by atoms with Crippen molar-refractivity contribution in [1.29, 1.82) is 0 Å². The summed E-state index contributed by atoms with van der Waals surface area (Å²) in [6.07, 6.45) is 0.412. The van der Waals surface area contributed by atoms with Crippen LogP contribution < -0.4 is 4.74 Å². The summed E-state index contributed by atoms with van der Waals surface area (Å²) in [5.74, 6) is 0.936. The maximum absolute atomic E-state index is 11.6. The van der Waals surface area contributed by atoms with Gasteiger partial charge in [-0.25, -0.2) is 4.79 Å². The maximum atomic E-state index is 11.6. The minimum Gasteiger partial charge on any atom is -0.494 e. The Morgan fingerprint density at radius 3 is 2.38 bits per heavy atom. The number of hydrogen-bond donors (Lipinski definition) is 1. The predicted molar refractivity (Wildman–Crippen MR) is 147 cm³/mol. The summed E-state index contributed by atoms with van der Waals surface area (Å²) in [6, 6.07) is 26.4. The highest BCUT2D eigenvalue weighted by Gasteiger charge is 2.33. The van der Waals surface area contributed by atoms with Gasteiger partial charge in [0.15, 0.2) is 0 Å². The lowest BCUT2D eigenvalue weighted by Gasteiger charge is -2.37. The second kappa shape index (κ2) is 14.2. The quantitative estimate of drug-likeness (QED) is 0.197. The molecular formula is C30H34BrNO5. The summed E-state index contributed by atoms with van der Waals surface area (Å²) >= 11 is 3.54. The Bertz CT molecular complexity index is 1110. The first-order valence-electron chi connectivity index (χ1n) is 12.7. The number of carbonyl (C=O) groups is 1. The second-order valence-corrected chi connectivity index (χ2v) is 9.75. The summed E-state index contributed by atoms with van der Waals surface area (Å²) in [4.78, 5) is 13.1. The van der Waals surface area contributed by atoms with Crippen LogP contribution in [0.1, 0.15) is 41.0 Å². The van der Waals surface area contributed by atoms with Gasteiger partial charge in [0.1, 0.15) is 5.75 Å². The standard InChI is InChI=1S/C30H34BrNO5/c31-19-25-9-4-5-10-26(25)22-37-29-20-32(30(33)34)16-15-28(29)24-11-13-27(14-12-24)36-18-6-17-35-21-23-7-2-1-3-8-23/h1-5,7-14,28-29H,6,15-22H2,(H,33,34). The molecule has 3 aromatic carbocycles. The minimum atomic E-state index is -0.899. The molecule has 1 N–H and O–H groups in total. The molecule has 196 valence electrons. The van der Waals surface area contributed by atoms with Gasteiger partial charge in [0.2, 0.25) is 0 Å². The van der Waals surface area contributed by atoms with Crippen LogP contribution in [0, 0.1) is 0 Å². The molecule has 0 aliphatic carbocycles. The predicted octanol–water partition coefficient (Wildman–Crippen LogP) is 6.62. The first kappa shape index (κ1) is 27.2. The number of likely N-dealkylation sites (tertiary alicyclic amines) is 1. The molecule has 7 heteroatoms. The van der Waals surface area contributed by atoms with Gasteiger partial charge in [-0.1, -0.05) is 82.7 Å². The molecule has 1 fully saturated rings. The minimum absolute atomic E-state index is 0.118. The second-order valence-electron chi connectivity index (χ2n) is 9.18. The van der Waals surface area contributed by atoms with Crippen molar-refractivity contribution in [3.63, 3.8) is 0 Å². The largest absolute Gasteiger partial charge is 0.494 e. The van der Waals surface area contributed by atoms with Crippen molar-refractivity contribution < 1.29 is 24.1 Å². The summed E-state index contributed by atoms with van der Waals surface area (Å²) in [7, 11) is 0. The van der Waals surface area contributed by atoms with Crippen LogP contribution in [0.3, 0.4) is 0 Å². The van der Waals surface area contributed by atoms with Gasteiger partial charge in [-0.2, -0.15) is 0 Å². The van der Waals surface area contributed by atoms with Gasteiger partial charge in [-0.3, -0.25) is 0 Å². The molecule has 0 aromatic heterocycles. The molecule has 2 atom stereocenters. The van der Waals surface area contributed by atoms with Gasteiger partial charge in [0.05, 0.1) is 39.1 Å². The number of amides is 1. The van der Waals surface area contributed by atoms with E-state index in [-0.39, 0.29) is 12.0 Å². The van der Waals surface area contributed by atoms with Crippen molar-refractivity contribution in [2.45, 2.75) is 43.4 Å². The summed E-state index contributed by atoms with van der Waals surface area (Å²) in [5.41, 5.74) is 4.60. The van der Waals surface area contributed by atoms with Gasteiger partial charge >= 0.3 is 6.09 Å². The molecule has 0 radical (unpaired) electrons. The molecule has 0 saturated carbocycles. The van der Waals surface area contributed by atoms with Crippen LogP contribution in [0.4, 0.5) is 4.79 Å². The normalized spacial score (nSPS) is 17.5. The lowest BCUT2D eigenvalue weighted by atomic mass is 9.87. The molecule has 0 spiro atoms. The third-order valence-electron chi connectivity index (χ3n) is 6.67. The molecule has 37 heavy (non-hydrogen) atoms. The Balaban J connectivity index is 1.29. The van der Waals surface area contributed by atoms with E-state index in [0.717, 1.165) is 35.0 Å². The van der Waals surface area contributed by atoms with Crippen LogP contribution in [-0.4, -0.2) is 48.5 Å². The molecule has 2 unspecified atom stereocenters. The van der Waals surface area contributed by atoms with Crippen molar-refractivity contribution in [1.82, 2.24) is 4.90 Å². The molecule has 6 nitrogen and oxygen atoms in total. The zero-order valence-electron chi connectivity index (χ0n) is 20.9. The molecule has 1 saturated heterocycles. The average Bonchev–Trinajstić information content (AvgIpc) is 2.94. The highest BCUT2D eigenvalue weighted by atomic mass is 79.9. The van der Waals surface area contributed by atoms with E-state index in [0.29, 0.717) is 39.5 Å². The van der Waals surface area contributed by atoms with Crippen molar-refractivity contribution in [3.05, 3.63) is 101 Å². The van der Waals surface area contributed by atoms with E-state index >= 15 is 0 Å². The van der Waals surface area contributed by atoms with Crippen molar-refractivity contribution in [2.75, 3.05) is 26.3 Å². The third kappa shape index (κ3) is 8.06. The highest BCUT2D eigenvalue weighted by Crippen LogP contribution is 2.32. The fourth-order valence-electron chi connectivity index (χ4n) is 4.59. The van der Waals surface area contributed by atoms with Crippen LogP contribution >= 0.6 is 15.9 Å². The number of halogens is 1. The zero-order chi connectivity index (χ0) is 25.9. The number of piperidine rings is 1. The molecular weight excluding hydrogens is 534 g/mol. The number of carboxylic acid groups (broad SMARTS) is 1. The Kier molecular flexibility index (Phi) is 10.4. The monoisotopic (exact) mass is 567 g/mol. The zero-order valence-corrected chi connectivity index (χ0v) is 22.5. The molecule has 1 aliphatic heterocycles. The van der Waals surface area contributed by atoms with Gasteiger partial charge in [-0.15, -0.1) is 0 Å². The Hall–Kier alpha value is -2.87. The molecule has 1 amide bonds. The maximum Gasteiger partial charge on any atom is 0.407 e. The van der Waals surface area contributed by atoms with Gasteiger partial charge < -0.3 is 24.2 Å². The van der Waals surface area contributed by atoms with E-state index in [2.05, 4.69) is 52.3 Å². The number of alkyl halides is 1. The first-order chi connectivity index (χ1) is 18.1. The number of hydrogen-bond acceptors (Lipinski definition) is 4. The topological polar surface area (TPSA) is 68.2 Å². The van der Waals surface area contributed by atoms with Crippen molar-refractivity contribution in [2.24, 2.45) is 0 Å². The third-order valence-corrected chi connectivity index (χ3v) is 7.27. The molecule has 0 bridgehead atoms. The highest BCUT2D eigenvalue weighted by molar-refractivity contribution is 9.08. The SMILES string of the molecule is O=C(O)N1CCC(c2ccc(OCCCOCc3ccccc3)cc2)C(OCc2ccccc2CBr)C1. The van der Waals surface area contributed by atoms with Crippen LogP contribution in [0.5, 0.6) is 5.75 Å².